The van der Waals surface area contributed by atoms with Crippen LogP contribution in [0.15, 0.2) is 24.8 Å². The number of hydrogen-bond donors (Lipinski definition) is 2. The summed E-state index contributed by atoms with van der Waals surface area (Å²) in [5.41, 5.74) is 1.48. The van der Waals surface area contributed by atoms with Crippen molar-refractivity contribution in [3.63, 3.8) is 0 Å². The standard InChI is InChI=1S/C20H23N7OS/c21-7-2-8-27-14-3-1-5-20(27,6-4-14)25-17-9-18-24-16(11-26(18)13-23-17)19-22-10-15(12-28)29-19/h9-11,13-14,25,28H,1-6,8,12H2. The third kappa shape index (κ3) is 3.27. The van der Waals surface area contributed by atoms with Crippen molar-refractivity contribution in [2.75, 3.05) is 11.9 Å². The molecule has 5 heterocycles. The number of nitrogens with zero attached hydrogens (tertiary/aromatic N) is 6. The van der Waals surface area contributed by atoms with E-state index < -0.39 is 0 Å². The topological polar surface area (TPSA) is 102 Å². The molecule has 5 rings (SSSR count). The molecular formula is C20H23N7OS. The Hall–Kier alpha value is -2.54. The number of imidazole rings is 1. The Balaban J connectivity index is 1.42. The highest BCUT2D eigenvalue weighted by Gasteiger charge is 2.48. The van der Waals surface area contributed by atoms with Gasteiger partial charge in [0.2, 0.25) is 0 Å². The smallest absolute Gasteiger partial charge is 0.143 e. The van der Waals surface area contributed by atoms with Crippen LogP contribution in [0.1, 0.15) is 43.4 Å². The van der Waals surface area contributed by atoms with Crippen LogP contribution >= 0.6 is 11.3 Å². The first-order valence-corrected chi connectivity index (χ1v) is 10.8. The number of aliphatic hydroxyl groups is 1. The molecule has 2 aliphatic heterocycles. The van der Waals surface area contributed by atoms with Crippen molar-refractivity contribution in [3.05, 3.63) is 29.7 Å². The number of hydrogen-bond acceptors (Lipinski definition) is 8. The van der Waals surface area contributed by atoms with Gasteiger partial charge in [-0.15, -0.1) is 11.3 Å². The first-order chi connectivity index (χ1) is 14.2. The van der Waals surface area contributed by atoms with E-state index >= 15 is 0 Å². The molecule has 0 saturated carbocycles. The fourth-order valence-electron chi connectivity index (χ4n) is 4.82. The van der Waals surface area contributed by atoms with E-state index in [0.717, 1.165) is 46.4 Å². The average Bonchev–Trinajstić information content (AvgIpc) is 3.41. The van der Waals surface area contributed by atoms with E-state index in [-0.39, 0.29) is 12.3 Å². The quantitative estimate of drug-likeness (QED) is 0.645. The maximum absolute atomic E-state index is 9.26. The lowest BCUT2D eigenvalue weighted by atomic mass is 9.96. The lowest BCUT2D eigenvalue weighted by Crippen LogP contribution is -2.55. The first-order valence-electron chi connectivity index (χ1n) is 10.0. The number of anilines is 1. The molecule has 2 aliphatic rings. The fraction of sp³-hybridized carbons (Fsp3) is 0.500. The summed E-state index contributed by atoms with van der Waals surface area (Å²) in [4.78, 5) is 17.0. The SMILES string of the molecule is N#CCCN1C2CCCC1(Nc1cc3nc(-c4ncc(CO)s4)cn3cn1)CC2. The summed E-state index contributed by atoms with van der Waals surface area (Å²) in [7, 11) is 0. The lowest BCUT2D eigenvalue weighted by Gasteiger charge is -2.45. The molecule has 2 atom stereocenters. The molecule has 8 nitrogen and oxygen atoms in total. The Kier molecular flexibility index (Phi) is 4.70. The highest BCUT2D eigenvalue weighted by atomic mass is 32.1. The molecule has 0 spiro atoms. The summed E-state index contributed by atoms with van der Waals surface area (Å²) in [5.74, 6) is 0.814. The molecule has 2 fully saturated rings. The highest BCUT2D eigenvalue weighted by molar-refractivity contribution is 7.14. The average molecular weight is 410 g/mol. The minimum Gasteiger partial charge on any atom is -0.391 e. The van der Waals surface area contributed by atoms with Gasteiger partial charge in [-0.05, 0) is 32.1 Å². The van der Waals surface area contributed by atoms with Gasteiger partial charge in [0, 0.05) is 37.5 Å². The van der Waals surface area contributed by atoms with Gasteiger partial charge in [0.05, 0.1) is 23.2 Å². The van der Waals surface area contributed by atoms with Gasteiger partial charge in [0.25, 0.3) is 0 Å². The van der Waals surface area contributed by atoms with E-state index in [9.17, 15) is 5.11 Å². The molecule has 0 amide bonds. The van der Waals surface area contributed by atoms with Crippen molar-refractivity contribution in [1.82, 2.24) is 24.3 Å². The number of fused-ring (bicyclic) bond motifs is 3. The third-order valence-corrected chi connectivity index (χ3v) is 7.12. The molecule has 3 aromatic rings. The first kappa shape index (κ1) is 18.5. The van der Waals surface area contributed by atoms with Gasteiger partial charge in [-0.25, -0.2) is 15.0 Å². The minimum atomic E-state index is -0.105. The largest absolute Gasteiger partial charge is 0.391 e. The minimum absolute atomic E-state index is 0.00790. The number of nitrogens with one attached hydrogen (secondary N) is 1. The van der Waals surface area contributed by atoms with Gasteiger partial charge in [-0.3, -0.25) is 9.30 Å². The van der Waals surface area contributed by atoms with Crippen molar-refractivity contribution < 1.29 is 5.11 Å². The summed E-state index contributed by atoms with van der Waals surface area (Å²) >= 11 is 1.44. The maximum Gasteiger partial charge on any atom is 0.143 e. The van der Waals surface area contributed by atoms with Crippen LogP contribution in [0.4, 0.5) is 5.82 Å². The van der Waals surface area contributed by atoms with E-state index in [0.29, 0.717) is 12.5 Å². The van der Waals surface area contributed by atoms with Crippen LogP contribution in [0, 0.1) is 11.3 Å². The number of aromatic nitrogens is 4. The molecular weight excluding hydrogens is 386 g/mol. The zero-order chi connectivity index (χ0) is 19.8. The molecule has 9 heteroatoms. The van der Waals surface area contributed by atoms with Crippen LogP contribution in [0.5, 0.6) is 0 Å². The number of aliphatic hydroxyl groups excluding tert-OH is 1. The Morgan fingerprint density at radius 3 is 3.10 bits per heavy atom. The Morgan fingerprint density at radius 1 is 1.34 bits per heavy atom. The number of rotatable bonds is 6. The van der Waals surface area contributed by atoms with Crippen molar-refractivity contribution in [2.24, 2.45) is 0 Å². The second-order valence-electron chi connectivity index (χ2n) is 7.80. The van der Waals surface area contributed by atoms with Crippen LogP contribution in [0.2, 0.25) is 0 Å². The fourth-order valence-corrected chi connectivity index (χ4v) is 5.54. The number of thiazole rings is 1. The molecule has 0 aliphatic carbocycles. The maximum atomic E-state index is 9.26. The van der Waals surface area contributed by atoms with E-state index in [4.69, 9.17) is 10.2 Å². The molecule has 0 aromatic carbocycles. The summed E-state index contributed by atoms with van der Waals surface area (Å²) in [6, 6.07) is 4.84. The lowest BCUT2D eigenvalue weighted by molar-refractivity contribution is 0.0764. The van der Waals surface area contributed by atoms with Crippen molar-refractivity contribution in [3.8, 4) is 16.8 Å². The predicted octanol–water partition coefficient (Wildman–Crippen LogP) is 3.02. The summed E-state index contributed by atoms with van der Waals surface area (Å²) < 4.78 is 1.89. The Morgan fingerprint density at radius 2 is 2.28 bits per heavy atom. The van der Waals surface area contributed by atoms with E-state index in [1.165, 1.54) is 30.6 Å². The van der Waals surface area contributed by atoms with Gasteiger partial charge < -0.3 is 10.4 Å². The van der Waals surface area contributed by atoms with Crippen molar-refractivity contribution in [2.45, 2.75) is 56.8 Å². The number of nitriles is 1. The van der Waals surface area contributed by atoms with E-state index in [1.54, 1.807) is 12.5 Å². The molecule has 2 bridgehead atoms. The molecule has 29 heavy (non-hydrogen) atoms. The van der Waals surface area contributed by atoms with Gasteiger partial charge in [-0.1, -0.05) is 0 Å². The molecule has 0 radical (unpaired) electrons. The zero-order valence-corrected chi connectivity index (χ0v) is 16.9. The van der Waals surface area contributed by atoms with Gasteiger partial charge in [0.15, 0.2) is 0 Å². The second-order valence-corrected chi connectivity index (χ2v) is 8.91. The summed E-state index contributed by atoms with van der Waals surface area (Å²) in [6.07, 6.45) is 11.7. The van der Waals surface area contributed by atoms with Crippen LogP contribution in [-0.2, 0) is 6.61 Å². The predicted molar refractivity (Wildman–Crippen MR) is 110 cm³/mol. The van der Waals surface area contributed by atoms with Crippen LogP contribution in [0.3, 0.4) is 0 Å². The number of piperidine rings is 1. The molecule has 2 saturated heterocycles. The monoisotopic (exact) mass is 409 g/mol. The van der Waals surface area contributed by atoms with Gasteiger partial charge in [0.1, 0.15) is 28.5 Å². The van der Waals surface area contributed by atoms with Crippen LogP contribution < -0.4 is 5.32 Å². The molecule has 2 N–H and O–H groups in total. The molecule has 150 valence electrons. The second kappa shape index (κ2) is 7.37. The summed E-state index contributed by atoms with van der Waals surface area (Å²) in [5, 5.41) is 22.8. The molecule has 3 aromatic heterocycles. The normalized spacial score (nSPS) is 24.1. The van der Waals surface area contributed by atoms with E-state index in [1.807, 2.05) is 16.7 Å². The van der Waals surface area contributed by atoms with Crippen LogP contribution in [-0.4, -0.2) is 47.6 Å². The Bertz CT molecular complexity index is 1070. The third-order valence-electron chi connectivity index (χ3n) is 6.11. The van der Waals surface area contributed by atoms with Crippen molar-refractivity contribution in [1.29, 1.82) is 5.26 Å². The highest BCUT2D eigenvalue weighted by Crippen LogP contribution is 2.44. The zero-order valence-electron chi connectivity index (χ0n) is 16.1. The van der Waals surface area contributed by atoms with E-state index in [2.05, 4.69) is 26.3 Å². The molecule has 2 unspecified atom stereocenters. The van der Waals surface area contributed by atoms with Gasteiger partial charge in [-0.2, -0.15) is 5.26 Å². The van der Waals surface area contributed by atoms with Gasteiger partial charge >= 0.3 is 0 Å². The Labute approximate surface area is 172 Å². The van der Waals surface area contributed by atoms with Crippen LogP contribution in [0.25, 0.3) is 16.3 Å². The van der Waals surface area contributed by atoms with Crippen molar-refractivity contribution >= 4 is 22.8 Å². The summed E-state index contributed by atoms with van der Waals surface area (Å²) in [6.45, 7) is 0.799.